The molecule has 0 aromatic heterocycles. The molecule has 5 aliphatic rings. The van der Waals surface area contributed by atoms with E-state index < -0.39 is 29.6 Å². The van der Waals surface area contributed by atoms with E-state index in [0.717, 1.165) is 65.0 Å². The molecular weight excluding hydrogens is 626 g/mol. The first-order valence-electron chi connectivity index (χ1n) is 17.8. The molecule has 0 unspecified atom stereocenters. The van der Waals surface area contributed by atoms with Gasteiger partial charge >= 0.3 is 0 Å². The van der Waals surface area contributed by atoms with Gasteiger partial charge in [0.15, 0.2) is 0 Å². The van der Waals surface area contributed by atoms with Crippen LogP contribution in [0.25, 0.3) is 0 Å². The monoisotopic (exact) mass is 673 g/mol. The quantitative estimate of drug-likeness (QED) is 0.359. The summed E-state index contributed by atoms with van der Waals surface area (Å²) in [5.74, 6) is -1.26. The van der Waals surface area contributed by atoms with Gasteiger partial charge < -0.3 is 25.2 Å². The number of anilines is 1. The van der Waals surface area contributed by atoms with Crippen molar-refractivity contribution in [2.75, 3.05) is 44.6 Å². The van der Waals surface area contributed by atoms with E-state index in [0.29, 0.717) is 29.1 Å². The van der Waals surface area contributed by atoms with Crippen molar-refractivity contribution >= 4 is 35.0 Å². The minimum Gasteiger partial charge on any atom is -0.359 e. The number of halogens is 1. The highest BCUT2D eigenvalue weighted by Crippen LogP contribution is 2.55. The Labute approximate surface area is 289 Å². The molecule has 1 spiro atoms. The van der Waals surface area contributed by atoms with E-state index in [4.69, 9.17) is 16.3 Å². The van der Waals surface area contributed by atoms with Crippen molar-refractivity contribution in [2.45, 2.75) is 69.9 Å². The van der Waals surface area contributed by atoms with Crippen molar-refractivity contribution in [2.24, 2.45) is 23.7 Å². The van der Waals surface area contributed by atoms with E-state index in [-0.39, 0.29) is 23.8 Å². The van der Waals surface area contributed by atoms with Crippen LogP contribution in [0, 0.1) is 23.7 Å². The summed E-state index contributed by atoms with van der Waals surface area (Å²) in [6, 6.07) is 16.7. The number of piperazine rings is 1. The molecule has 3 saturated heterocycles. The Morgan fingerprint density at radius 1 is 0.938 bits per heavy atom. The lowest BCUT2D eigenvalue weighted by Crippen LogP contribution is -2.58. The first kappa shape index (κ1) is 33.3. The molecule has 4 fully saturated rings. The Hall–Kier alpha value is -3.24. The smallest absolute Gasteiger partial charge is 0.246 e. The molecule has 4 heterocycles. The maximum Gasteiger partial charge on any atom is 0.246 e. The third kappa shape index (κ3) is 6.42. The first-order valence-corrected chi connectivity index (χ1v) is 18.1. The molecule has 7 rings (SSSR count). The van der Waals surface area contributed by atoms with Crippen LogP contribution < -0.4 is 10.6 Å². The van der Waals surface area contributed by atoms with Gasteiger partial charge in [0.25, 0.3) is 0 Å². The maximum absolute atomic E-state index is 14.4. The Balaban J connectivity index is 1.05. The summed E-state index contributed by atoms with van der Waals surface area (Å²) in [6.45, 7) is 10.6. The highest BCUT2D eigenvalue weighted by atomic mass is 35.5. The van der Waals surface area contributed by atoms with Gasteiger partial charge in [-0.25, -0.2) is 0 Å². The second kappa shape index (κ2) is 13.9. The minimum atomic E-state index is -1.17. The number of nitrogens with one attached hydrogen (secondary N) is 2. The molecule has 3 amide bonds. The number of likely N-dealkylation sites (tertiary alicyclic amines) is 1. The number of carbonyl (C=O) groups is 3. The zero-order valence-corrected chi connectivity index (χ0v) is 28.8. The van der Waals surface area contributed by atoms with E-state index in [1.54, 1.807) is 29.2 Å². The zero-order chi connectivity index (χ0) is 33.4. The predicted octanol–water partition coefficient (Wildman–Crippen LogP) is 4.58. The Bertz CT molecular complexity index is 1510. The van der Waals surface area contributed by atoms with Crippen molar-refractivity contribution in [3.05, 3.63) is 77.3 Å². The van der Waals surface area contributed by atoms with E-state index in [1.807, 2.05) is 18.2 Å². The molecule has 48 heavy (non-hydrogen) atoms. The highest BCUT2D eigenvalue weighted by molar-refractivity contribution is 6.30. The number of nitrogens with zero attached hydrogens (tertiary/aromatic N) is 3. The van der Waals surface area contributed by atoms with Crippen molar-refractivity contribution in [3.8, 4) is 0 Å². The van der Waals surface area contributed by atoms with Crippen LogP contribution >= 0.6 is 11.6 Å². The van der Waals surface area contributed by atoms with Crippen LogP contribution in [-0.4, -0.2) is 95.5 Å². The molecule has 2 aromatic rings. The lowest BCUT2D eigenvalue weighted by atomic mass is 9.73. The zero-order valence-electron chi connectivity index (χ0n) is 28.0. The van der Waals surface area contributed by atoms with Crippen LogP contribution in [-0.2, 0) is 25.7 Å². The SMILES string of the molecule is C[C@@H]1[C@H](C)CCC[C@@H]1NC(=O)[C@@H]1N(CCCN2CCN(Cc3ccccc3)CC2)C(=O)[C@@H]2[C@@H](C(=O)Nc3ccc(Cl)cc3)[C@@H]3C=C[C@]21O3. The minimum absolute atomic E-state index is 0.0485. The van der Waals surface area contributed by atoms with Crippen molar-refractivity contribution < 1.29 is 19.1 Å². The summed E-state index contributed by atoms with van der Waals surface area (Å²) in [5.41, 5.74) is 0.766. The highest BCUT2D eigenvalue weighted by Gasteiger charge is 2.72. The molecule has 9 nitrogen and oxygen atoms in total. The van der Waals surface area contributed by atoms with Gasteiger partial charge in [-0.2, -0.15) is 0 Å². The third-order valence-electron chi connectivity index (χ3n) is 11.7. The van der Waals surface area contributed by atoms with Gasteiger partial charge in [-0.1, -0.05) is 80.8 Å². The molecule has 2 N–H and O–H groups in total. The van der Waals surface area contributed by atoms with Crippen LogP contribution in [0.2, 0.25) is 5.02 Å². The van der Waals surface area contributed by atoms with Gasteiger partial charge in [0.05, 0.1) is 17.9 Å². The molecular formula is C38H48ClN5O4. The summed E-state index contributed by atoms with van der Waals surface area (Å²) in [7, 11) is 0. The number of benzene rings is 2. The second-order valence-electron chi connectivity index (χ2n) is 14.6. The number of ether oxygens (including phenoxy) is 1. The molecule has 2 aromatic carbocycles. The van der Waals surface area contributed by atoms with Crippen LogP contribution in [0.1, 0.15) is 45.1 Å². The molecule has 2 bridgehead atoms. The average Bonchev–Trinajstić information content (AvgIpc) is 3.73. The standard InChI is InChI=1S/C38H48ClN5O4/c1-25-8-6-11-30(26(25)2)41-36(46)34-38-17-16-31(48-38)32(35(45)40-29-14-12-28(39)13-15-29)33(38)37(47)44(34)19-7-18-42-20-22-43(23-21-42)24-27-9-4-3-5-10-27/h3-5,9-10,12-17,25-26,30-34H,6-8,11,18-24H2,1-2H3,(H,40,45)(H,41,46)/t25-,26-,30+,31+,32+,33+,34+,38+/m1/s1. The number of fused-ring (bicyclic) bond motifs is 1. The lowest BCUT2D eigenvalue weighted by molar-refractivity contribution is -0.141. The van der Waals surface area contributed by atoms with Crippen LogP contribution in [0.3, 0.4) is 0 Å². The summed E-state index contributed by atoms with van der Waals surface area (Å²) in [5, 5.41) is 6.91. The third-order valence-corrected chi connectivity index (χ3v) is 11.9. The van der Waals surface area contributed by atoms with Gasteiger partial charge in [0.2, 0.25) is 17.7 Å². The fourth-order valence-electron chi connectivity index (χ4n) is 8.79. The number of hydrogen-bond donors (Lipinski definition) is 2. The number of carbonyl (C=O) groups excluding carboxylic acids is 3. The van der Waals surface area contributed by atoms with Gasteiger partial charge in [0.1, 0.15) is 11.6 Å². The maximum atomic E-state index is 14.4. The van der Waals surface area contributed by atoms with Gasteiger partial charge in [-0.3, -0.25) is 19.3 Å². The number of rotatable bonds is 10. The summed E-state index contributed by atoms with van der Waals surface area (Å²) in [6.07, 6.45) is 7.10. The molecule has 10 heteroatoms. The summed E-state index contributed by atoms with van der Waals surface area (Å²) >= 11 is 6.06. The first-order chi connectivity index (χ1) is 23.2. The fraction of sp³-hybridized carbons (Fsp3) is 0.553. The van der Waals surface area contributed by atoms with Crippen LogP contribution in [0.15, 0.2) is 66.7 Å². The van der Waals surface area contributed by atoms with Crippen LogP contribution in [0.4, 0.5) is 5.69 Å². The average molecular weight is 674 g/mol. The van der Waals surface area contributed by atoms with E-state index >= 15 is 0 Å². The van der Waals surface area contributed by atoms with E-state index in [9.17, 15) is 14.4 Å². The second-order valence-corrected chi connectivity index (χ2v) is 15.0. The number of hydrogen-bond acceptors (Lipinski definition) is 6. The Kier molecular flexibility index (Phi) is 9.66. The lowest BCUT2D eigenvalue weighted by Gasteiger charge is -2.38. The molecule has 256 valence electrons. The summed E-state index contributed by atoms with van der Waals surface area (Å²) < 4.78 is 6.57. The molecule has 4 aliphatic heterocycles. The topological polar surface area (TPSA) is 94.2 Å². The van der Waals surface area contributed by atoms with Crippen molar-refractivity contribution in [1.82, 2.24) is 20.0 Å². The van der Waals surface area contributed by atoms with E-state index in [1.165, 1.54) is 5.56 Å². The van der Waals surface area contributed by atoms with Gasteiger partial charge in [-0.15, -0.1) is 0 Å². The molecule has 1 saturated carbocycles. The summed E-state index contributed by atoms with van der Waals surface area (Å²) in [4.78, 5) is 49.2. The van der Waals surface area contributed by atoms with E-state index in [2.05, 4.69) is 58.5 Å². The number of amides is 3. The molecule has 0 radical (unpaired) electrons. The fourth-order valence-corrected chi connectivity index (χ4v) is 8.92. The van der Waals surface area contributed by atoms with Gasteiger partial charge in [-0.05, 0) is 61.1 Å². The Morgan fingerprint density at radius 2 is 1.67 bits per heavy atom. The molecule has 1 aliphatic carbocycles. The van der Waals surface area contributed by atoms with Gasteiger partial charge in [0, 0.05) is 56.0 Å². The Morgan fingerprint density at radius 3 is 2.42 bits per heavy atom. The predicted molar refractivity (Wildman–Crippen MR) is 186 cm³/mol. The van der Waals surface area contributed by atoms with Crippen molar-refractivity contribution in [3.63, 3.8) is 0 Å². The largest absolute Gasteiger partial charge is 0.359 e. The van der Waals surface area contributed by atoms with Crippen molar-refractivity contribution in [1.29, 1.82) is 0 Å². The normalized spacial score (nSPS) is 33.2. The van der Waals surface area contributed by atoms with Crippen LogP contribution in [0.5, 0.6) is 0 Å². The molecule has 8 atom stereocenters.